The quantitative estimate of drug-likeness (QED) is 0.495. The van der Waals surface area contributed by atoms with Crippen LogP contribution in [0.15, 0.2) is 46.1 Å². The average Bonchev–Trinajstić information content (AvgIpc) is 3.10. The second kappa shape index (κ2) is 8.32. The van der Waals surface area contributed by atoms with E-state index >= 15 is 4.39 Å². The first-order valence-electron chi connectivity index (χ1n) is 10.9. The van der Waals surface area contributed by atoms with Crippen LogP contribution >= 0.6 is 0 Å². The van der Waals surface area contributed by atoms with Crippen molar-refractivity contribution in [1.82, 2.24) is 18.9 Å². The van der Waals surface area contributed by atoms with Gasteiger partial charge in [-0.3, -0.25) is 13.9 Å². The minimum absolute atomic E-state index is 0.0997. The second-order valence-corrected chi connectivity index (χ2v) is 9.26. The van der Waals surface area contributed by atoms with E-state index in [0.29, 0.717) is 22.2 Å². The second-order valence-electron chi connectivity index (χ2n) is 9.26. The van der Waals surface area contributed by atoms with Crippen LogP contribution in [0.2, 0.25) is 0 Å². The number of hydrogen-bond acceptors (Lipinski definition) is 4. The van der Waals surface area contributed by atoms with Crippen molar-refractivity contribution in [3.63, 3.8) is 0 Å². The van der Waals surface area contributed by atoms with Gasteiger partial charge in [0.25, 0.3) is 5.56 Å². The summed E-state index contributed by atoms with van der Waals surface area (Å²) < 4.78 is 32.8. The molecular formula is C25H26F2N4O3. The van der Waals surface area contributed by atoms with Gasteiger partial charge in [0.05, 0.1) is 11.1 Å². The van der Waals surface area contributed by atoms with Gasteiger partial charge in [0.1, 0.15) is 23.9 Å². The van der Waals surface area contributed by atoms with Gasteiger partial charge < -0.3 is 5.11 Å². The van der Waals surface area contributed by atoms with Crippen LogP contribution in [0.1, 0.15) is 44.6 Å². The molecule has 0 aliphatic heterocycles. The molecule has 0 radical (unpaired) electrons. The summed E-state index contributed by atoms with van der Waals surface area (Å²) in [4.78, 5) is 26.3. The molecule has 0 spiro atoms. The number of aromatic nitrogens is 4. The molecule has 0 bridgehead atoms. The number of benzene rings is 2. The molecule has 0 fully saturated rings. The number of aryl methyl sites for hydroxylation is 1. The number of nitrogens with zero attached hydrogens (tertiary/aromatic N) is 4. The molecule has 0 aliphatic carbocycles. The van der Waals surface area contributed by atoms with Gasteiger partial charge in [0.15, 0.2) is 5.82 Å². The fourth-order valence-electron chi connectivity index (χ4n) is 4.16. The van der Waals surface area contributed by atoms with Gasteiger partial charge in [0.2, 0.25) is 0 Å². The van der Waals surface area contributed by atoms with E-state index in [1.165, 1.54) is 27.3 Å². The Morgan fingerprint density at radius 3 is 2.32 bits per heavy atom. The predicted octanol–water partition coefficient (Wildman–Crippen LogP) is 3.73. The Hall–Kier alpha value is -3.59. The summed E-state index contributed by atoms with van der Waals surface area (Å²) in [6.07, 6.45) is 1.64. The van der Waals surface area contributed by atoms with Crippen molar-refractivity contribution in [3.8, 4) is 11.4 Å². The van der Waals surface area contributed by atoms with Crippen LogP contribution < -0.4 is 11.2 Å². The Morgan fingerprint density at radius 1 is 1.03 bits per heavy atom. The lowest BCUT2D eigenvalue weighted by Gasteiger charge is -2.24. The zero-order valence-corrected chi connectivity index (χ0v) is 19.7. The van der Waals surface area contributed by atoms with Crippen molar-refractivity contribution >= 4 is 10.8 Å². The van der Waals surface area contributed by atoms with Crippen LogP contribution in [0, 0.1) is 18.6 Å². The lowest BCUT2D eigenvalue weighted by atomic mass is 9.84. The van der Waals surface area contributed by atoms with Crippen molar-refractivity contribution in [2.45, 2.75) is 53.2 Å². The maximum atomic E-state index is 15.3. The van der Waals surface area contributed by atoms with E-state index in [1.54, 1.807) is 26.1 Å². The van der Waals surface area contributed by atoms with Crippen LogP contribution in [-0.2, 0) is 18.6 Å². The number of hydrogen-bond donors (Lipinski definition) is 1. The molecular weight excluding hydrogens is 442 g/mol. The summed E-state index contributed by atoms with van der Waals surface area (Å²) in [5, 5.41) is 14.2. The highest BCUT2D eigenvalue weighted by Gasteiger charge is 2.24. The summed E-state index contributed by atoms with van der Waals surface area (Å²) in [5.41, 5.74) is 0.0609. The fourth-order valence-corrected chi connectivity index (χ4v) is 4.16. The third kappa shape index (κ3) is 3.75. The van der Waals surface area contributed by atoms with Crippen molar-refractivity contribution in [2.24, 2.45) is 0 Å². The van der Waals surface area contributed by atoms with Crippen LogP contribution in [0.5, 0.6) is 0 Å². The minimum Gasteiger partial charge on any atom is -0.388 e. The van der Waals surface area contributed by atoms with Crippen LogP contribution in [0.4, 0.5) is 8.78 Å². The van der Waals surface area contributed by atoms with Crippen LogP contribution in [0.25, 0.3) is 22.1 Å². The molecule has 4 aromatic rings. The highest BCUT2D eigenvalue weighted by Crippen LogP contribution is 2.32. The van der Waals surface area contributed by atoms with E-state index in [9.17, 15) is 19.1 Å². The summed E-state index contributed by atoms with van der Waals surface area (Å²) in [5.74, 6) is -1.19. The van der Waals surface area contributed by atoms with E-state index in [2.05, 4.69) is 5.10 Å². The molecule has 34 heavy (non-hydrogen) atoms. The lowest BCUT2D eigenvalue weighted by molar-refractivity contribution is 0.264. The summed E-state index contributed by atoms with van der Waals surface area (Å²) >= 11 is 0. The van der Waals surface area contributed by atoms with Gasteiger partial charge in [0, 0.05) is 12.7 Å². The van der Waals surface area contributed by atoms with Gasteiger partial charge in [-0.15, -0.1) is 5.10 Å². The SMILES string of the molecule is CCn1c(CO)nn(-c2cc3c(C(C)(C)C)cn(-c4cc(F)ccc4C)c(=O)c3cc2F)c1=O. The van der Waals surface area contributed by atoms with E-state index in [4.69, 9.17) is 0 Å². The van der Waals surface area contributed by atoms with E-state index in [0.717, 1.165) is 10.7 Å². The van der Waals surface area contributed by atoms with Crippen molar-refractivity contribution in [1.29, 1.82) is 0 Å². The van der Waals surface area contributed by atoms with Crippen LogP contribution in [-0.4, -0.2) is 24.0 Å². The molecule has 2 aromatic carbocycles. The van der Waals surface area contributed by atoms with E-state index in [1.807, 2.05) is 20.8 Å². The number of fused-ring (bicyclic) bond motifs is 1. The van der Waals surface area contributed by atoms with Gasteiger partial charge in [-0.25, -0.2) is 13.6 Å². The highest BCUT2D eigenvalue weighted by molar-refractivity contribution is 5.88. The molecule has 4 rings (SSSR count). The predicted molar refractivity (Wildman–Crippen MR) is 126 cm³/mol. The first-order chi connectivity index (χ1) is 16.0. The summed E-state index contributed by atoms with van der Waals surface area (Å²) in [6.45, 7) is 9.10. The molecule has 2 heterocycles. The Bertz CT molecular complexity index is 1540. The monoisotopic (exact) mass is 468 g/mol. The molecule has 0 aliphatic rings. The highest BCUT2D eigenvalue weighted by atomic mass is 19.1. The standard InChI is InChI=1S/C25H26F2N4O3/c1-6-29-22(13-32)28-31(24(29)34)21-11-16-17(10-19(21)27)23(33)30(12-18(16)25(3,4)5)20-9-15(26)8-7-14(20)2/h7-12,32H,6,13H2,1-5H3. The minimum atomic E-state index is -0.814. The Kier molecular flexibility index (Phi) is 5.77. The average molecular weight is 469 g/mol. The molecule has 2 aromatic heterocycles. The molecule has 0 saturated heterocycles. The zero-order chi connectivity index (χ0) is 24.9. The van der Waals surface area contributed by atoms with Crippen molar-refractivity contribution in [2.75, 3.05) is 0 Å². The van der Waals surface area contributed by atoms with Gasteiger partial charge in [-0.2, -0.15) is 4.68 Å². The Morgan fingerprint density at radius 2 is 1.74 bits per heavy atom. The van der Waals surface area contributed by atoms with Gasteiger partial charge in [-0.05, 0) is 60.0 Å². The van der Waals surface area contributed by atoms with E-state index in [-0.39, 0.29) is 23.4 Å². The van der Waals surface area contributed by atoms with Gasteiger partial charge in [-0.1, -0.05) is 26.8 Å². The first kappa shape index (κ1) is 23.6. The largest absolute Gasteiger partial charge is 0.388 e. The molecule has 178 valence electrons. The Labute approximate surface area is 194 Å². The first-order valence-corrected chi connectivity index (χ1v) is 10.9. The maximum Gasteiger partial charge on any atom is 0.350 e. The molecule has 0 saturated carbocycles. The number of aliphatic hydroxyl groups excluding tert-OH is 1. The number of halogens is 2. The maximum absolute atomic E-state index is 15.3. The van der Waals surface area contributed by atoms with E-state index < -0.39 is 34.9 Å². The molecule has 1 N–H and O–H groups in total. The smallest absolute Gasteiger partial charge is 0.350 e. The zero-order valence-electron chi connectivity index (χ0n) is 19.7. The fraction of sp³-hybridized carbons (Fsp3) is 0.320. The molecule has 7 nitrogen and oxygen atoms in total. The number of aliphatic hydroxyl groups is 1. The normalized spacial score (nSPS) is 12.0. The third-order valence-electron chi connectivity index (χ3n) is 5.95. The number of rotatable bonds is 4. The summed E-state index contributed by atoms with van der Waals surface area (Å²) in [7, 11) is 0. The topological polar surface area (TPSA) is 82.0 Å². The lowest BCUT2D eigenvalue weighted by Crippen LogP contribution is -2.26. The van der Waals surface area contributed by atoms with Crippen LogP contribution in [0.3, 0.4) is 0 Å². The molecule has 9 heteroatoms. The molecule has 0 atom stereocenters. The number of pyridine rings is 1. The Balaban J connectivity index is 2.10. The van der Waals surface area contributed by atoms with Gasteiger partial charge >= 0.3 is 5.69 Å². The van der Waals surface area contributed by atoms with Crippen molar-refractivity contribution in [3.05, 3.63) is 86.0 Å². The third-order valence-corrected chi connectivity index (χ3v) is 5.95. The molecule has 0 unspecified atom stereocenters. The van der Waals surface area contributed by atoms with Crippen molar-refractivity contribution < 1.29 is 13.9 Å². The molecule has 0 amide bonds. The summed E-state index contributed by atoms with van der Waals surface area (Å²) in [6, 6.07) is 6.69.